The van der Waals surface area contributed by atoms with E-state index in [1.54, 1.807) is 30.5 Å². The van der Waals surface area contributed by atoms with E-state index in [9.17, 15) is 9.59 Å². The fourth-order valence-corrected chi connectivity index (χ4v) is 4.44. The number of benzene rings is 5. The van der Waals surface area contributed by atoms with Gasteiger partial charge in [0.1, 0.15) is 12.4 Å². The molecule has 2 N–H and O–H groups in total. The van der Waals surface area contributed by atoms with Gasteiger partial charge < -0.3 is 10.1 Å². The van der Waals surface area contributed by atoms with Crippen LogP contribution in [0.1, 0.15) is 39.5 Å². The topological polar surface area (TPSA) is 79.8 Å². The van der Waals surface area contributed by atoms with Crippen molar-refractivity contribution in [3.63, 3.8) is 0 Å². The fourth-order valence-electron chi connectivity index (χ4n) is 4.44. The molecule has 6 nitrogen and oxygen atoms in total. The van der Waals surface area contributed by atoms with E-state index in [2.05, 4.69) is 15.8 Å². The van der Waals surface area contributed by atoms with E-state index in [4.69, 9.17) is 4.74 Å². The molecule has 40 heavy (non-hydrogen) atoms. The van der Waals surface area contributed by atoms with Crippen LogP contribution in [0.5, 0.6) is 5.75 Å². The van der Waals surface area contributed by atoms with Gasteiger partial charge in [0.05, 0.1) is 18.7 Å². The molecule has 0 aliphatic carbocycles. The molecule has 0 bridgehead atoms. The molecule has 5 aromatic carbocycles. The molecule has 0 unspecified atom stereocenters. The molecule has 5 rings (SSSR count). The van der Waals surface area contributed by atoms with Gasteiger partial charge in [-0.05, 0) is 40.1 Å². The summed E-state index contributed by atoms with van der Waals surface area (Å²) in [5.74, 6) is 0.0880. The van der Waals surface area contributed by atoms with Gasteiger partial charge in [-0.1, -0.05) is 109 Å². The van der Waals surface area contributed by atoms with Crippen molar-refractivity contribution in [3.05, 3.63) is 150 Å². The molecule has 0 fully saturated rings. The molecule has 198 valence electrons. The van der Waals surface area contributed by atoms with E-state index in [-0.39, 0.29) is 18.2 Å². The smallest absolute Gasteiger partial charge is 0.251 e. The summed E-state index contributed by atoms with van der Waals surface area (Å²) in [4.78, 5) is 25.8. The van der Waals surface area contributed by atoms with Crippen molar-refractivity contribution in [3.8, 4) is 5.75 Å². The first-order chi connectivity index (χ1) is 19.7. The Morgan fingerprint density at radius 2 is 1.40 bits per heavy atom. The molecule has 0 saturated carbocycles. The third-order valence-corrected chi connectivity index (χ3v) is 6.48. The molecule has 0 aromatic heterocycles. The third kappa shape index (κ3) is 6.79. The van der Waals surface area contributed by atoms with Gasteiger partial charge in [-0.2, -0.15) is 5.10 Å². The molecule has 6 heteroatoms. The van der Waals surface area contributed by atoms with Crippen LogP contribution in [0, 0.1) is 0 Å². The van der Waals surface area contributed by atoms with Gasteiger partial charge in [0.15, 0.2) is 0 Å². The number of hydrogen-bond acceptors (Lipinski definition) is 4. The normalized spacial score (nSPS) is 11.7. The third-order valence-electron chi connectivity index (χ3n) is 6.48. The fraction of sp³-hybridized carbons (Fsp3) is 0.0882. The lowest BCUT2D eigenvalue weighted by Crippen LogP contribution is -2.32. The van der Waals surface area contributed by atoms with Crippen LogP contribution in [-0.2, 0) is 11.4 Å². The maximum Gasteiger partial charge on any atom is 0.251 e. The summed E-state index contributed by atoms with van der Waals surface area (Å²) in [7, 11) is 0. The second kappa shape index (κ2) is 13.0. The van der Waals surface area contributed by atoms with Crippen LogP contribution in [0.3, 0.4) is 0 Å². The molecule has 0 heterocycles. The SMILES string of the molecule is O=C(C[C@H](NC(=O)c1ccccc1)c1ccccc1)N/N=C\c1c(OCc2ccccc2)ccc2ccccc12. The van der Waals surface area contributed by atoms with Gasteiger partial charge in [0.25, 0.3) is 5.91 Å². The van der Waals surface area contributed by atoms with Crippen LogP contribution in [0.4, 0.5) is 0 Å². The molecule has 1 atom stereocenters. The molecule has 0 radical (unpaired) electrons. The Hall–Kier alpha value is -5.23. The number of hydrazone groups is 1. The minimum atomic E-state index is -0.522. The highest BCUT2D eigenvalue weighted by Crippen LogP contribution is 2.27. The number of ether oxygens (including phenoxy) is 1. The number of hydrogen-bond donors (Lipinski definition) is 2. The van der Waals surface area contributed by atoms with Crippen LogP contribution in [-0.4, -0.2) is 18.0 Å². The lowest BCUT2D eigenvalue weighted by atomic mass is 10.0. The van der Waals surface area contributed by atoms with Crippen molar-refractivity contribution in [1.82, 2.24) is 10.7 Å². The Kier molecular flexibility index (Phi) is 8.59. The predicted molar refractivity (Wildman–Crippen MR) is 158 cm³/mol. The van der Waals surface area contributed by atoms with E-state index >= 15 is 0 Å². The first-order valence-electron chi connectivity index (χ1n) is 13.1. The van der Waals surface area contributed by atoms with Crippen molar-refractivity contribution in [1.29, 1.82) is 0 Å². The summed E-state index contributed by atoms with van der Waals surface area (Å²) in [5.41, 5.74) is 5.81. The Labute approximate surface area is 233 Å². The molecule has 0 spiro atoms. The predicted octanol–water partition coefficient (Wildman–Crippen LogP) is 6.43. The Bertz CT molecular complexity index is 1600. The molecular weight excluding hydrogens is 498 g/mol. The summed E-state index contributed by atoms with van der Waals surface area (Å²) in [5, 5.41) is 9.26. The number of carbonyl (C=O) groups excluding carboxylic acids is 2. The number of fused-ring (bicyclic) bond motifs is 1. The van der Waals surface area contributed by atoms with E-state index in [0.29, 0.717) is 17.9 Å². The zero-order chi connectivity index (χ0) is 27.6. The van der Waals surface area contributed by atoms with Gasteiger partial charge in [-0.15, -0.1) is 0 Å². The molecule has 0 saturated heterocycles. The lowest BCUT2D eigenvalue weighted by Gasteiger charge is -2.18. The van der Waals surface area contributed by atoms with Gasteiger partial charge in [0.2, 0.25) is 5.91 Å². The highest BCUT2D eigenvalue weighted by atomic mass is 16.5. The average Bonchev–Trinajstić information content (AvgIpc) is 3.01. The van der Waals surface area contributed by atoms with Crippen LogP contribution in [0.25, 0.3) is 10.8 Å². The van der Waals surface area contributed by atoms with E-state index in [1.807, 2.05) is 103 Å². The number of rotatable bonds is 10. The zero-order valence-corrected chi connectivity index (χ0v) is 21.9. The number of amides is 2. The number of nitrogens with zero attached hydrogens (tertiary/aromatic N) is 1. The summed E-state index contributed by atoms with van der Waals surface area (Å²) in [6.07, 6.45) is 1.63. The zero-order valence-electron chi connectivity index (χ0n) is 21.9. The van der Waals surface area contributed by atoms with Gasteiger partial charge in [-0.3, -0.25) is 9.59 Å². The minimum absolute atomic E-state index is 0.0207. The maximum atomic E-state index is 13.0. The number of nitrogens with one attached hydrogen (secondary N) is 2. The van der Waals surface area contributed by atoms with Crippen molar-refractivity contribution < 1.29 is 14.3 Å². The maximum absolute atomic E-state index is 13.0. The van der Waals surface area contributed by atoms with E-state index in [0.717, 1.165) is 27.5 Å². The van der Waals surface area contributed by atoms with Gasteiger partial charge >= 0.3 is 0 Å². The van der Waals surface area contributed by atoms with E-state index < -0.39 is 6.04 Å². The average molecular weight is 528 g/mol. The monoisotopic (exact) mass is 527 g/mol. The van der Waals surface area contributed by atoms with Crippen LogP contribution in [0.2, 0.25) is 0 Å². The minimum Gasteiger partial charge on any atom is -0.488 e. The molecular formula is C34H29N3O3. The van der Waals surface area contributed by atoms with Crippen molar-refractivity contribution in [2.75, 3.05) is 0 Å². The molecule has 5 aromatic rings. The second-order valence-electron chi connectivity index (χ2n) is 9.27. The van der Waals surface area contributed by atoms with Crippen molar-refractivity contribution in [2.45, 2.75) is 19.1 Å². The van der Waals surface area contributed by atoms with Crippen molar-refractivity contribution >= 4 is 28.8 Å². The Morgan fingerprint density at radius 1 is 0.750 bits per heavy atom. The second-order valence-corrected chi connectivity index (χ2v) is 9.27. The summed E-state index contributed by atoms with van der Waals surface area (Å²) in [6.45, 7) is 0.409. The Morgan fingerprint density at radius 3 is 2.15 bits per heavy atom. The molecule has 0 aliphatic heterocycles. The summed E-state index contributed by atoms with van der Waals surface area (Å²) >= 11 is 0. The largest absolute Gasteiger partial charge is 0.488 e. The molecule has 0 aliphatic rings. The Balaban J connectivity index is 1.31. The van der Waals surface area contributed by atoms with E-state index in [1.165, 1.54) is 0 Å². The van der Waals surface area contributed by atoms with Gasteiger partial charge in [0, 0.05) is 11.1 Å². The van der Waals surface area contributed by atoms with Crippen LogP contribution < -0.4 is 15.5 Å². The van der Waals surface area contributed by atoms with Crippen LogP contribution in [0.15, 0.2) is 132 Å². The molecule has 2 amide bonds. The first-order valence-corrected chi connectivity index (χ1v) is 13.1. The summed E-state index contributed by atoms with van der Waals surface area (Å²) < 4.78 is 6.15. The quantitative estimate of drug-likeness (QED) is 0.162. The highest BCUT2D eigenvalue weighted by molar-refractivity contribution is 6.02. The van der Waals surface area contributed by atoms with Crippen LogP contribution >= 0.6 is 0 Å². The van der Waals surface area contributed by atoms with Gasteiger partial charge in [-0.25, -0.2) is 5.43 Å². The number of carbonyl (C=O) groups is 2. The first kappa shape index (κ1) is 26.4. The highest BCUT2D eigenvalue weighted by Gasteiger charge is 2.19. The van der Waals surface area contributed by atoms with Crippen molar-refractivity contribution in [2.24, 2.45) is 5.10 Å². The standard InChI is InChI=1S/C34H29N3O3/c38-33(22-31(27-15-6-2-7-16-27)36-34(39)28-17-8-3-9-18-28)37-35-23-30-29-19-11-10-14-26(29)20-21-32(30)40-24-25-12-4-1-5-13-25/h1-21,23,31H,22,24H2,(H,36,39)(H,37,38)/b35-23-/t31-/m0/s1. The summed E-state index contributed by atoms with van der Waals surface area (Å²) in [6, 6.07) is 39.7. The lowest BCUT2D eigenvalue weighted by molar-refractivity contribution is -0.121.